The summed E-state index contributed by atoms with van der Waals surface area (Å²) in [6, 6.07) is 9.44. The maximum atomic E-state index is 10.5. The fourth-order valence-corrected chi connectivity index (χ4v) is 1.10. The van der Waals surface area contributed by atoms with Crippen molar-refractivity contribution in [1.82, 2.24) is 0 Å². The summed E-state index contributed by atoms with van der Waals surface area (Å²) < 4.78 is 4.87. The van der Waals surface area contributed by atoms with Gasteiger partial charge in [0.1, 0.15) is 6.10 Å². The SMILES string of the molecule is C[CH]C(OC(N)=O)c1ccccc1. The topological polar surface area (TPSA) is 52.3 Å². The predicted octanol–water partition coefficient (Wildman–Crippen LogP) is 2.05. The molecule has 3 heteroatoms. The summed E-state index contributed by atoms with van der Waals surface area (Å²) in [7, 11) is 0. The van der Waals surface area contributed by atoms with Gasteiger partial charge in [-0.1, -0.05) is 37.3 Å². The van der Waals surface area contributed by atoms with Crippen molar-refractivity contribution in [1.29, 1.82) is 0 Å². The maximum Gasteiger partial charge on any atom is 0.405 e. The van der Waals surface area contributed by atoms with Gasteiger partial charge >= 0.3 is 6.09 Å². The number of rotatable bonds is 3. The van der Waals surface area contributed by atoms with Gasteiger partial charge in [-0.05, 0) is 5.56 Å². The Morgan fingerprint density at radius 1 is 1.46 bits per heavy atom. The van der Waals surface area contributed by atoms with E-state index < -0.39 is 6.09 Å². The highest BCUT2D eigenvalue weighted by molar-refractivity contribution is 5.65. The Morgan fingerprint density at radius 3 is 2.54 bits per heavy atom. The van der Waals surface area contributed by atoms with Gasteiger partial charge in [0.05, 0.1) is 0 Å². The second kappa shape index (κ2) is 4.50. The van der Waals surface area contributed by atoms with Gasteiger partial charge in [-0.15, -0.1) is 0 Å². The van der Waals surface area contributed by atoms with Crippen molar-refractivity contribution in [3.05, 3.63) is 42.3 Å². The van der Waals surface area contributed by atoms with Gasteiger partial charge in [0.2, 0.25) is 0 Å². The molecular weight excluding hydrogens is 166 g/mol. The monoisotopic (exact) mass is 178 g/mol. The van der Waals surface area contributed by atoms with Crippen molar-refractivity contribution in [2.24, 2.45) is 5.73 Å². The lowest BCUT2D eigenvalue weighted by atomic mass is 10.1. The lowest BCUT2D eigenvalue weighted by molar-refractivity contribution is 0.123. The molecule has 0 bridgehead atoms. The molecule has 0 spiro atoms. The Morgan fingerprint density at radius 2 is 2.08 bits per heavy atom. The second-order valence-corrected chi connectivity index (χ2v) is 2.60. The smallest absolute Gasteiger partial charge is 0.405 e. The van der Waals surface area contributed by atoms with Gasteiger partial charge in [0.25, 0.3) is 0 Å². The van der Waals surface area contributed by atoms with Crippen LogP contribution in [0.2, 0.25) is 0 Å². The molecule has 1 aromatic rings. The molecule has 0 aliphatic heterocycles. The number of hydrogen-bond acceptors (Lipinski definition) is 2. The molecule has 0 fully saturated rings. The van der Waals surface area contributed by atoms with Gasteiger partial charge in [0, 0.05) is 6.42 Å². The molecule has 13 heavy (non-hydrogen) atoms. The van der Waals surface area contributed by atoms with Gasteiger partial charge in [-0.2, -0.15) is 0 Å². The minimum absolute atomic E-state index is 0.348. The Kier molecular flexibility index (Phi) is 3.31. The van der Waals surface area contributed by atoms with Gasteiger partial charge in [0.15, 0.2) is 0 Å². The summed E-state index contributed by atoms with van der Waals surface area (Å²) in [5.41, 5.74) is 5.85. The van der Waals surface area contributed by atoms with Gasteiger partial charge < -0.3 is 10.5 Å². The predicted molar refractivity (Wildman–Crippen MR) is 49.8 cm³/mol. The lowest BCUT2D eigenvalue weighted by Crippen LogP contribution is -2.17. The zero-order valence-electron chi connectivity index (χ0n) is 7.44. The first kappa shape index (κ1) is 9.58. The maximum absolute atomic E-state index is 10.5. The Balaban J connectivity index is 2.73. The van der Waals surface area contributed by atoms with E-state index in [4.69, 9.17) is 10.5 Å². The zero-order chi connectivity index (χ0) is 9.68. The molecule has 1 amide bonds. The fourth-order valence-electron chi connectivity index (χ4n) is 1.10. The molecule has 0 aliphatic rings. The zero-order valence-corrected chi connectivity index (χ0v) is 7.44. The molecule has 0 saturated carbocycles. The van der Waals surface area contributed by atoms with E-state index in [2.05, 4.69) is 0 Å². The van der Waals surface area contributed by atoms with Crippen LogP contribution < -0.4 is 5.73 Å². The highest BCUT2D eigenvalue weighted by Crippen LogP contribution is 2.19. The molecule has 0 aliphatic carbocycles. The molecule has 1 atom stereocenters. The van der Waals surface area contributed by atoms with Crippen molar-refractivity contribution < 1.29 is 9.53 Å². The third-order valence-electron chi connectivity index (χ3n) is 1.67. The summed E-state index contributed by atoms with van der Waals surface area (Å²) in [6.45, 7) is 1.82. The molecule has 3 nitrogen and oxygen atoms in total. The molecule has 1 rings (SSSR count). The quantitative estimate of drug-likeness (QED) is 0.770. The van der Waals surface area contributed by atoms with Gasteiger partial charge in [-0.3, -0.25) is 0 Å². The minimum atomic E-state index is -0.757. The normalized spacial score (nSPS) is 12.1. The van der Waals surface area contributed by atoms with Crippen LogP contribution in [0, 0.1) is 6.42 Å². The van der Waals surface area contributed by atoms with E-state index in [9.17, 15) is 4.79 Å². The highest BCUT2D eigenvalue weighted by Gasteiger charge is 2.11. The first-order chi connectivity index (χ1) is 6.24. The van der Waals surface area contributed by atoms with E-state index in [-0.39, 0.29) is 6.10 Å². The summed E-state index contributed by atoms with van der Waals surface area (Å²) >= 11 is 0. The molecule has 0 saturated heterocycles. The van der Waals surface area contributed by atoms with Crippen LogP contribution in [0.5, 0.6) is 0 Å². The van der Waals surface area contributed by atoms with Crippen molar-refractivity contribution in [2.75, 3.05) is 0 Å². The molecule has 2 N–H and O–H groups in total. The largest absolute Gasteiger partial charge is 0.441 e. The highest BCUT2D eigenvalue weighted by atomic mass is 16.6. The molecule has 1 aromatic carbocycles. The summed E-state index contributed by atoms with van der Waals surface area (Å²) in [5, 5.41) is 0. The van der Waals surface area contributed by atoms with Crippen LogP contribution in [-0.2, 0) is 4.74 Å². The molecule has 1 radical (unpaired) electrons. The van der Waals surface area contributed by atoms with E-state index in [0.717, 1.165) is 5.56 Å². The average molecular weight is 178 g/mol. The summed E-state index contributed by atoms with van der Waals surface area (Å²) in [4.78, 5) is 10.5. The molecule has 69 valence electrons. The van der Waals surface area contributed by atoms with Crippen molar-refractivity contribution >= 4 is 6.09 Å². The fraction of sp³-hybridized carbons (Fsp3) is 0.200. The van der Waals surface area contributed by atoms with Crippen LogP contribution in [-0.4, -0.2) is 6.09 Å². The number of nitrogens with two attached hydrogens (primary N) is 1. The minimum Gasteiger partial charge on any atom is -0.441 e. The van der Waals surface area contributed by atoms with Crippen LogP contribution >= 0.6 is 0 Å². The molecule has 0 heterocycles. The second-order valence-electron chi connectivity index (χ2n) is 2.60. The third kappa shape index (κ3) is 2.78. The number of carbonyl (C=O) groups excluding carboxylic acids is 1. The van der Waals surface area contributed by atoms with E-state index >= 15 is 0 Å². The Labute approximate surface area is 77.5 Å². The standard InChI is InChI=1S/C10H12NO2/c1-2-9(13-10(11)12)8-6-4-3-5-7-8/h2-7,9H,1H3,(H2,11,12). The van der Waals surface area contributed by atoms with Crippen LogP contribution in [0.3, 0.4) is 0 Å². The number of amides is 1. The third-order valence-corrected chi connectivity index (χ3v) is 1.67. The first-order valence-corrected chi connectivity index (χ1v) is 4.04. The van der Waals surface area contributed by atoms with Crippen molar-refractivity contribution in [3.63, 3.8) is 0 Å². The number of benzene rings is 1. The first-order valence-electron chi connectivity index (χ1n) is 4.04. The Hall–Kier alpha value is -1.51. The number of carbonyl (C=O) groups is 1. The van der Waals surface area contributed by atoms with Gasteiger partial charge in [-0.25, -0.2) is 4.79 Å². The van der Waals surface area contributed by atoms with E-state index in [1.54, 1.807) is 6.42 Å². The van der Waals surface area contributed by atoms with Crippen molar-refractivity contribution in [3.8, 4) is 0 Å². The molecular formula is C10H12NO2. The van der Waals surface area contributed by atoms with E-state index in [0.29, 0.717) is 0 Å². The van der Waals surface area contributed by atoms with Crippen LogP contribution in [0.1, 0.15) is 18.6 Å². The van der Waals surface area contributed by atoms with Crippen LogP contribution in [0.4, 0.5) is 4.79 Å². The van der Waals surface area contributed by atoms with E-state index in [1.807, 2.05) is 37.3 Å². The summed E-state index contributed by atoms with van der Waals surface area (Å²) in [5.74, 6) is 0. The number of hydrogen-bond donors (Lipinski definition) is 1. The van der Waals surface area contributed by atoms with Crippen LogP contribution in [0.15, 0.2) is 30.3 Å². The number of primary amides is 1. The number of ether oxygens (including phenoxy) is 1. The Bertz CT molecular complexity index is 272. The molecule has 0 aromatic heterocycles. The molecule has 1 unspecified atom stereocenters. The summed E-state index contributed by atoms with van der Waals surface area (Å²) in [6.07, 6.45) is 0.672. The average Bonchev–Trinajstić information content (AvgIpc) is 2.15. The van der Waals surface area contributed by atoms with Crippen molar-refractivity contribution in [2.45, 2.75) is 13.0 Å². The van der Waals surface area contributed by atoms with Crippen LogP contribution in [0.25, 0.3) is 0 Å². The van der Waals surface area contributed by atoms with E-state index in [1.165, 1.54) is 0 Å². The lowest BCUT2D eigenvalue weighted by Gasteiger charge is -2.13.